The first kappa shape index (κ1) is 24.1. The van der Waals surface area contributed by atoms with Crippen LogP contribution < -0.4 is 20.9 Å². The molecular formula is C22H23Cl3N4O3S. The van der Waals surface area contributed by atoms with Gasteiger partial charge in [-0.1, -0.05) is 40.9 Å². The third-order valence-corrected chi connectivity index (χ3v) is 7.02. The Kier molecular flexibility index (Phi) is 7.09. The zero-order valence-corrected chi connectivity index (χ0v) is 20.8. The Labute approximate surface area is 211 Å². The fraction of sp³-hybridized carbons (Fsp3) is 0.409. The molecule has 2 bridgehead atoms. The maximum atomic E-state index is 12.7. The van der Waals surface area contributed by atoms with Gasteiger partial charge >= 0.3 is 0 Å². The number of carbonyl (C=O) groups excluding carboxylic acids is 1. The van der Waals surface area contributed by atoms with E-state index in [2.05, 4.69) is 10.6 Å². The number of methoxy groups -OCH3 is 1. The molecule has 1 fully saturated rings. The van der Waals surface area contributed by atoms with Crippen LogP contribution >= 0.6 is 47.0 Å². The maximum absolute atomic E-state index is 12.7. The van der Waals surface area contributed by atoms with E-state index in [1.165, 1.54) is 0 Å². The number of rotatable bonds is 4. The molecule has 7 nitrogen and oxygen atoms in total. The number of pyridine rings is 1. The van der Waals surface area contributed by atoms with E-state index in [4.69, 9.17) is 51.8 Å². The van der Waals surface area contributed by atoms with Crippen LogP contribution in [0.3, 0.4) is 0 Å². The first-order chi connectivity index (χ1) is 15.7. The molecule has 33 heavy (non-hydrogen) atoms. The van der Waals surface area contributed by atoms with Crippen molar-refractivity contribution < 1.29 is 9.53 Å². The fourth-order valence-electron chi connectivity index (χ4n) is 4.43. The number of nitrogens with zero attached hydrogens (tertiary/aromatic N) is 2. The van der Waals surface area contributed by atoms with Crippen molar-refractivity contribution in [3.63, 3.8) is 0 Å². The standard InChI is InChI=1S/C22H23Cl3N4O3S/c1-32-16-7-5-14(6-8-16)19(31)26-20(22(23,24)25)27-21(33)28-10-13-9-15(12-28)17-3-2-4-18(30)29(17)11-13/h2-8,13,15,20H,9-12H2,1H3,(H,26,31)(H,27,33)/t13-,15-,20?/m0/s1. The number of hydrogen-bond donors (Lipinski definition) is 2. The van der Waals surface area contributed by atoms with Gasteiger partial charge in [0.15, 0.2) is 5.11 Å². The number of halogens is 3. The molecule has 1 unspecified atom stereocenters. The third-order valence-electron chi connectivity index (χ3n) is 5.99. The van der Waals surface area contributed by atoms with E-state index in [1.54, 1.807) is 43.5 Å². The largest absolute Gasteiger partial charge is 0.497 e. The molecule has 1 aromatic carbocycles. The van der Waals surface area contributed by atoms with Crippen LogP contribution in [-0.2, 0) is 6.54 Å². The van der Waals surface area contributed by atoms with E-state index >= 15 is 0 Å². The summed E-state index contributed by atoms with van der Waals surface area (Å²) < 4.78 is 5.12. The summed E-state index contributed by atoms with van der Waals surface area (Å²) >= 11 is 24.1. The smallest absolute Gasteiger partial charge is 0.252 e. The predicted molar refractivity (Wildman–Crippen MR) is 133 cm³/mol. The molecule has 0 spiro atoms. The number of fused-ring (bicyclic) bond motifs is 4. The highest BCUT2D eigenvalue weighted by molar-refractivity contribution is 7.80. The molecule has 0 aliphatic carbocycles. The zero-order chi connectivity index (χ0) is 23.8. The summed E-state index contributed by atoms with van der Waals surface area (Å²) in [5.41, 5.74) is 1.42. The van der Waals surface area contributed by atoms with Crippen LogP contribution in [0.1, 0.15) is 28.4 Å². The van der Waals surface area contributed by atoms with Gasteiger partial charge in [0.05, 0.1) is 7.11 Å². The molecule has 0 radical (unpaired) electrons. The molecular weight excluding hydrogens is 507 g/mol. The molecule has 2 aliphatic rings. The second-order valence-electron chi connectivity index (χ2n) is 8.23. The quantitative estimate of drug-likeness (QED) is 0.360. The third kappa shape index (κ3) is 5.40. The van der Waals surface area contributed by atoms with Gasteiger partial charge in [0.1, 0.15) is 11.9 Å². The predicted octanol–water partition coefficient (Wildman–Crippen LogP) is 3.28. The minimum atomic E-state index is -1.85. The summed E-state index contributed by atoms with van der Waals surface area (Å²) in [6.45, 7) is 1.94. The van der Waals surface area contributed by atoms with Gasteiger partial charge in [0, 0.05) is 42.9 Å². The number of hydrogen-bond acceptors (Lipinski definition) is 4. The molecule has 11 heteroatoms. The van der Waals surface area contributed by atoms with E-state index in [1.807, 2.05) is 15.5 Å². The summed E-state index contributed by atoms with van der Waals surface area (Å²) in [6, 6.07) is 11.9. The van der Waals surface area contributed by atoms with Crippen molar-refractivity contribution in [2.24, 2.45) is 5.92 Å². The number of carbonyl (C=O) groups is 1. The summed E-state index contributed by atoms with van der Waals surface area (Å²) in [6.07, 6.45) is -0.0636. The van der Waals surface area contributed by atoms with Gasteiger partial charge in [-0.25, -0.2) is 0 Å². The van der Waals surface area contributed by atoms with Gasteiger partial charge in [-0.3, -0.25) is 9.59 Å². The Balaban J connectivity index is 1.45. The topological polar surface area (TPSA) is 75.6 Å². The van der Waals surface area contributed by atoms with E-state index in [-0.39, 0.29) is 17.4 Å². The van der Waals surface area contributed by atoms with E-state index in [0.717, 1.165) is 12.1 Å². The molecule has 4 rings (SSSR count). The van der Waals surface area contributed by atoms with Gasteiger partial charge in [-0.05, 0) is 54.9 Å². The van der Waals surface area contributed by atoms with Crippen molar-refractivity contribution in [3.05, 3.63) is 64.1 Å². The van der Waals surface area contributed by atoms with Crippen LogP contribution in [0.2, 0.25) is 0 Å². The molecule has 1 amide bonds. The van der Waals surface area contributed by atoms with Crippen LogP contribution in [0.5, 0.6) is 5.75 Å². The van der Waals surface area contributed by atoms with Gasteiger partial charge in [0.25, 0.3) is 11.5 Å². The number of benzene rings is 1. The molecule has 3 atom stereocenters. The molecule has 3 heterocycles. The molecule has 2 aromatic rings. The van der Waals surface area contributed by atoms with Gasteiger partial charge in [-0.2, -0.15) is 0 Å². The van der Waals surface area contributed by atoms with Crippen molar-refractivity contribution in [2.45, 2.75) is 28.8 Å². The number of piperidine rings is 1. The molecule has 1 aromatic heterocycles. The highest BCUT2D eigenvalue weighted by Crippen LogP contribution is 2.35. The lowest BCUT2D eigenvalue weighted by Gasteiger charge is -2.44. The number of thiocarbonyl (C=S) groups is 1. The number of alkyl halides is 3. The molecule has 176 valence electrons. The minimum absolute atomic E-state index is 0.0221. The van der Waals surface area contributed by atoms with E-state index < -0.39 is 15.9 Å². The first-order valence-corrected chi connectivity index (χ1v) is 12.0. The molecule has 2 aliphatic heterocycles. The Morgan fingerprint density at radius 2 is 1.85 bits per heavy atom. The second-order valence-corrected chi connectivity index (χ2v) is 11.0. The Bertz CT molecular complexity index is 1100. The molecule has 1 saturated heterocycles. The summed E-state index contributed by atoms with van der Waals surface area (Å²) in [5, 5.41) is 6.10. The monoisotopic (exact) mass is 528 g/mol. The fourth-order valence-corrected chi connectivity index (χ4v) is 5.03. The van der Waals surface area contributed by atoms with Crippen LogP contribution in [-0.4, -0.2) is 50.6 Å². The molecule has 0 saturated carbocycles. The van der Waals surface area contributed by atoms with Crippen LogP contribution in [0.25, 0.3) is 0 Å². The minimum Gasteiger partial charge on any atom is -0.497 e. The number of aromatic nitrogens is 1. The van der Waals surface area contributed by atoms with Gasteiger partial charge in [0.2, 0.25) is 3.79 Å². The van der Waals surface area contributed by atoms with E-state index in [9.17, 15) is 9.59 Å². The van der Waals surface area contributed by atoms with Crippen LogP contribution in [0.15, 0.2) is 47.3 Å². The second kappa shape index (κ2) is 9.70. The summed E-state index contributed by atoms with van der Waals surface area (Å²) in [4.78, 5) is 27.0. The van der Waals surface area contributed by atoms with Gasteiger partial charge < -0.3 is 24.8 Å². The Morgan fingerprint density at radius 3 is 2.52 bits per heavy atom. The van der Waals surface area contributed by atoms with Crippen LogP contribution in [0, 0.1) is 5.92 Å². The van der Waals surface area contributed by atoms with Crippen molar-refractivity contribution in [1.82, 2.24) is 20.1 Å². The Hall–Kier alpha value is -2.00. The average molecular weight is 530 g/mol. The maximum Gasteiger partial charge on any atom is 0.252 e. The van der Waals surface area contributed by atoms with Gasteiger partial charge in [-0.15, -0.1) is 0 Å². The lowest BCUT2D eigenvalue weighted by molar-refractivity contribution is 0.0932. The van der Waals surface area contributed by atoms with Crippen molar-refractivity contribution >= 4 is 58.0 Å². The Morgan fingerprint density at radius 1 is 1.12 bits per heavy atom. The number of nitrogens with one attached hydrogen (secondary N) is 2. The zero-order valence-electron chi connectivity index (χ0n) is 17.8. The SMILES string of the molecule is COc1ccc(C(=O)NC(NC(=S)N2C[C@@H]3C[C@@H](C2)c2cccc(=O)n2C3)C(Cl)(Cl)Cl)cc1. The van der Waals surface area contributed by atoms with Crippen molar-refractivity contribution in [1.29, 1.82) is 0 Å². The summed E-state index contributed by atoms with van der Waals surface area (Å²) in [5.74, 6) is 0.652. The highest BCUT2D eigenvalue weighted by Gasteiger charge is 2.39. The molecule has 2 N–H and O–H groups in total. The van der Waals surface area contributed by atoms with E-state index in [0.29, 0.717) is 36.1 Å². The number of amides is 1. The normalized spacial score (nSPS) is 20.4. The lowest BCUT2D eigenvalue weighted by atomic mass is 9.83. The first-order valence-electron chi connectivity index (χ1n) is 10.4. The summed E-state index contributed by atoms with van der Waals surface area (Å²) in [7, 11) is 1.55. The van der Waals surface area contributed by atoms with Crippen molar-refractivity contribution in [2.75, 3.05) is 20.2 Å². The van der Waals surface area contributed by atoms with Crippen molar-refractivity contribution in [3.8, 4) is 5.75 Å². The number of ether oxygens (including phenoxy) is 1. The number of likely N-dealkylation sites (tertiary alicyclic amines) is 1. The highest BCUT2D eigenvalue weighted by atomic mass is 35.6. The lowest BCUT2D eigenvalue weighted by Crippen LogP contribution is -2.60. The average Bonchev–Trinajstić information content (AvgIpc) is 2.78. The van der Waals surface area contributed by atoms with Crippen LogP contribution in [0.4, 0.5) is 0 Å².